The van der Waals surface area contributed by atoms with E-state index in [-0.39, 0.29) is 18.5 Å². The second kappa shape index (κ2) is 8.54. The van der Waals surface area contributed by atoms with E-state index in [1.165, 1.54) is 18.5 Å². The minimum Gasteiger partial charge on any atom is -0.487 e. The van der Waals surface area contributed by atoms with Crippen LogP contribution in [0.3, 0.4) is 0 Å². The number of nitrogens with one attached hydrogen (secondary N) is 1. The van der Waals surface area contributed by atoms with Crippen molar-refractivity contribution >= 4 is 28.1 Å². The molecule has 0 saturated heterocycles. The molecule has 0 aliphatic heterocycles. The number of anilines is 1. The van der Waals surface area contributed by atoms with E-state index < -0.39 is 17.3 Å². The molecule has 5 aromatic rings. The molecule has 3 heterocycles. The highest BCUT2D eigenvalue weighted by atomic mass is 19.1. The van der Waals surface area contributed by atoms with E-state index in [4.69, 9.17) is 4.74 Å². The van der Waals surface area contributed by atoms with E-state index in [1.54, 1.807) is 24.3 Å². The molecule has 164 valence electrons. The number of carbonyl (C=O) groups is 1. The van der Waals surface area contributed by atoms with Gasteiger partial charge in [-0.2, -0.15) is 0 Å². The van der Waals surface area contributed by atoms with Crippen molar-refractivity contribution in [2.75, 3.05) is 5.32 Å². The third-order valence-corrected chi connectivity index (χ3v) is 5.02. The molecule has 0 aliphatic rings. The molecule has 8 nitrogen and oxygen atoms in total. The van der Waals surface area contributed by atoms with Crippen LogP contribution in [0, 0.1) is 5.82 Å². The summed E-state index contributed by atoms with van der Waals surface area (Å²) in [5.74, 6) is -0.402. The van der Waals surface area contributed by atoms with Crippen LogP contribution in [0.4, 0.5) is 10.1 Å². The SMILES string of the molecule is O=C(Cn1cnc2ccc(F)cc2c1=O)Nc1cccc(OCc2cn3ccccc3n2)c1. The molecule has 0 radical (unpaired) electrons. The number of pyridine rings is 1. The van der Waals surface area contributed by atoms with Crippen molar-refractivity contribution < 1.29 is 13.9 Å². The van der Waals surface area contributed by atoms with Gasteiger partial charge in [0.05, 0.1) is 22.9 Å². The summed E-state index contributed by atoms with van der Waals surface area (Å²) in [7, 11) is 0. The normalized spacial score (nSPS) is 11.1. The average molecular weight is 443 g/mol. The smallest absolute Gasteiger partial charge is 0.261 e. The third kappa shape index (κ3) is 4.42. The first kappa shape index (κ1) is 20.4. The van der Waals surface area contributed by atoms with Crippen molar-refractivity contribution in [1.29, 1.82) is 0 Å². The molecule has 5 rings (SSSR count). The Morgan fingerprint density at radius 2 is 2.00 bits per heavy atom. The molecule has 0 unspecified atom stereocenters. The molecule has 0 aliphatic carbocycles. The zero-order valence-corrected chi connectivity index (χ0v) is 17.3. The van der Waals surface area contributed by atoms with E-state index in [2.05, 4.69) is 15.3 Å². The lowest BCUT2D eigenvalue weighted by Gasteiger charge is -2.10. The Morgan fingerprint density at radius 1 is 1.09 bits per heavy atom. The lowest BCUT2D eigenvalue weighted by Crippen LogP contribution is -2.28. The molecule has 0 spiro atoms. The van der Waals surface area contributed by atoms with Crippen LogP contribution in [0.5, 0.6) is 5.75 Å². The minimum absolute atomic E-state index is 0.118. The maximum atomic E-state index is 13.5. The second-order valence-electron chi connectivity index (χ2n) is 7.40. The summed E-state index contributed by atoms with van der Waals surface area (Å²) in [6.45, 7) is 0.0123. The highest BCUT2D eigenvalue weighted by molar-refractivity contribution is 5.91. The standard InChI is InChI=1S/C24H18FN5O3/c25-16-7-8-21-20(10-16)24(32)30(15-26-21)13-23(31)28-17-4-3-5-19(11-17)33-14-18-12-29-9-2-1-6-22(29)27-18/h1-12,15H,13-14H2,(H,28,31). The maximum absolute atomic E-state index is 13.5. The Hall–Kier alpha value is -4.53. The largest absolute Gasteiger partial charge is 0.487 e. The first-order valence-corrected chi connectivity index (χ1v) is 10.2. The van der Waals surface area contributed by atoms with Crippen LogP contribution in [-0.2, 0) is 17.9 Å². The molecule has 9 heteroatoms. The molecule has 0 bridgehead atoms. The van der Waals surface area contributed by atoms with Crippen LogP contribution in [-0.4, -0.2) is 24.8 Å². The van der Waals surface area contributed by atoms with Crippen LogP contribution < -0.4 is 15.6 Å². The number of fused-ring (bicyclic) bond motifs is 2. The fourth-order valence-electron chi connectivity index (χ4n) is 3.48. The second-order valence-corrected chi connectivity index (χ2v) is 7.40. The summed E-state index contributed by atoms with van der Waals surface area (Å²) in [5, 5.41) is 2.86. The zero-order chi connectivity index (χ0) is 22.8. The van der Waals surface area contributed by atoms with Gasteiger partial charge in [0.15, 0.2) is 0 Å². The first-order chi connectivity index (χ1) is 16.0. The molecule has 1 N–H and O–H groups in total. The lowest BCUT2D eigenvalue weighted by atomic mass is 10.2. The number of ether oxygens (including phenoxy) is 1. The van der Waals surface area contributed by atoms with Crippen LogP contribution in [0.15, 0.2) is 84.2 Å². The van der Waals surface area contributed by atoms with Crippen LogP contribution in [0.2, 0.25) is 0 Å². The van der Waals surface area contributed by atoms with E-state index in [1.807, 2.05) is 35.0 Å². The fraction of sp³-hybridized carbons (Fsp3) is 0.0833. The summed E-state index contributed by atoms with van der Waals surface area (Å²) in [6, 6.07) is 16.4. The topological polar surface area (TPSA) is 90.5 Å². The van der Waals surface area contributed by atoms with Crippen molar-refractivity contribution in [3.05, 3.63) is 101 Å². The molecule has 0 atom stereocenters. The van der Waals surface area contributed by atoms with Gasteiger partial charge in [-0.15, -0.1) is 0 Å². The average Bonchev–Trinajstić information content (AvgIpc) is 3.23. The summed E-state index contributed by atoms with van der Waals surface area (Å²) in [4.78, 5) is 33.7. The Labute approximate surface area is 186 Å². The van der Waals surface area contributed by atoms with Gasteiger partial charge in [-0.05, 0) is 42.5 Å². The van der Waals surface area contributed by atoms with E-state index >= 15 is 0 Å². The number of nitrogens with zero attached hydrogens (tertiary/aromatic N) is 4. The number of hydrogen-bond acceptors (Lipinski definition) is 5. The number of hydrogen-bond donors (Lipinski definition) is 1. The number of amides is 1. The van der Waals surface area contributed by atoms with Crippen molar-refractivity contribution in [1.82, 2.24) is 18.9 Å². The summed E-state index contributed by atoms with van der Waals surface area (Å²) < 4.78 is 22.4. The number of carbonyl (C=O) groups excluding carboxylic acids is 1. The summed E-state index contributed by atoms with van der Waals surface area (Å²) in [6.07, 6.45) is 5.08. The number of halogens is 1. The molecular formula is C24H18FN5O3. The molecule has 0 saturated carbocycles. The molecular weight excluding hydrogens is 425 g/mol. The van der Waals surface area contributed by atoms with Crippen LogP contribution in [0.25, 0.3) is 16.6 Å². The van der Waals surface area contributed by atoms with Gasteiger partial charge < -0.3 is 14.5 Å². The quantitative estimate of drug-likeness (QED) is 0.434. The molecule has 1 amide bonds. The number of aromatic nitrogens is 4. The van der Waals surface area contributed by atoms with E-state index in [0.717, 1.165) is 22.0 Å². The van der Waals surface area contributed by atoms with Gasteiger partial charge in [0.1, 0.15) is 30.4 Å². The Bertz CT molecular complexity index is 1510. The van der Waals surface area contributed by atoms with Gasteiger partial charge in [0, 0.05) is 24.1 Å². The van der Waals surface area contributed by atoms with Gasteiger partial charge in [-0.1, -0.05) is 12.1 Å². The molecule has 3 aromatic heterocycles. The van der Waals surface area contributed by atoms with Crippen molar-refractivity contribution in [3.63, 3.8) is 0 Å². The van der Waals surface area contributed by atoms with E-state index in [0.29, 0.717) is 17.0 Å². The highest BCUT2D eigenvalue weighted by Gasteiger charge is 2.10. The van der Waals surface area contributed by atoms with Gasteiger partial charge in [-0.3, -0.25) is 14.2 Å². The van der Waals surface area contributed by atoms with Gasteiger partial charge >= 0.3 is 0 Å². The fourth-order valence-corrected chi connectivity index (χ4v) is 3.48. The van der Waals surface area contributed by atoms with Crippen molar-refractivity contribution in [3.8, 4) is 5.75 Å². The van der Waals surface area contributed by atoms with E-state index in [9.17, 15) is 14.0 Å². The molecule has 2 aromatic carbocycles. The predicted octanol–water partition coefficient (Wildman–Crippen LogP) is 3.40. The summed E-state index contributed by atoms with van der Waals surface area (Å²) >= 11 is 0. The van der Waals surface area contributed by atoms with Gasteiger partial charge in [0.2, 0.25) is 5.91 Å². The van der Waals surface area contributed by atoms with Crippen LogP contribution >= 0.6 is 0 Å². The van der Waals surface area contributed by atoms with Crippen molar-refractivity contribution in [2.24, 2.45) is 0 Å². The Morgan fingerprint density at radius 3 is 2.88 bits per heavy atom. The molecule has 33 heavy (non-hydrogen) atoms. The number of imidazole rings is 1. The van der Waals surface area contributed by atoms with Gasteiger partial charge in [-0.25, -0.2) is 14.4 Å². The predicted molar refractivity (Wildman–Crippen MR) is 121 cm³/mol. The zero-order valence-electron chi connectivity index (χ0n) is 17.3. The maximum Gasteiger partial charge on any atom is 0.261 e. The van der Waals surface area contributed by atoms with Gasteiger partial charge in [0.25, 0.3) is 5.56 Å². The Balaban J connectivity index is 1.25. The summed E-state index contributed by atoms with van der Waals surface area (Å²) in [5.41, 5.74) is 2.00. The number of rotatable bonds is 6. The Kier molecular flexibility index (Phi) is 5.27. The van der Waals surface area contributed by atoms with Crippen LogP contribution in [0.1, 0.15) is 5.69 Å². The minimum atomic E-state index is -0.538. The third-order valence-electron chi connectivity index (χ3n) is 5.02. The first-order valence-electron chi connectivity index (χ1n) is 10.2. The monoisotopic (exact) mass is 443 g/mol. The molecule has 0 fully saturated rings. The highest BCUT2D eigenvalue weighted by Crippen LogP contribution is 2.19. The lowest BCUT2D eigenvalue weighted by molar-refractivity contribution is -0.116. The van der Waals surface area contributed by atoms with Crippen molar-refractivity contribution in [2.45, 2.75) is 13.2 Å². The number of benzene rings is 2.